The first-order valence-corrected chi connectivity index (χ1v) is 7.80. The van der Waals surface area contributed by atoms with Gasteiger partial charge in [0.1, 0.15) is 5.60 Å². The van der Waals surface area contributed by atoms with E-state index in [-0.39, 0.29) is 18.0 Å². The largest absolute Gasteiger partial charge is 0.444 e. The maximum absolute atomic E-state index is 13.8. The highest BCUT2D eigenvalue weighted by Crippen LogP contribution is 2.30. The summed E-state index contributed by atoms with van der Waals surface area (Å²) in [4.78, 5) is 13.8. The number of hydrogen-bond acceptors (Lipinski definition) is 3. The lowest BCUT2D eigenvalue weighted by molar-refractivity contribution is 0.0177. The topological polar surface area (TPSA) is 49.8 Å². The molecule has 1 aliphatic rings. The van der Waals surface area contributed by atoms with Crippen LogP contribution >= 0.6 is 0 Å². The van der Waals surface area contributed by atoms with E-state index in [1.807, 2.05) is 0 Å². The predicted molar refractivity (Wildman–Crippen MR) is 81.9 cm³/mol. The van der Waals surface area contributed by atoms with Crippen LogP contribution in [0.2, 0.25) is 0 Å². The molecule has 0 radical (unpaired) electrons. The fourth-order valence-corrected chi connectivity index (χ4v) is 2.80. The average Bonchev–Trinajstić information content (AvgIpc) is 2.88. The third-order valence-corrected chi connectivity index (χ3v) is 3.84. The molecule has 6 heteroatoms. The molecule has 2 rings (SSSR count). The van der Waals surface area contributed by atoms with Gasteiger partial charge in [-0.3, -0.25) is 0 Å². The molecule has 1 aliphatic heterocycles. The van der Waals surface area contributed by atoms with E-state index in [1.165, 1.54) is 12.1 Å². The molecule has 4 nitrogen and oxygen atoms in total. The number of aliphatic hydroxyl groups is 1. The smallest absolute Gasteiger partial charge is 0.410 e. The molecule has 2 unspecified atom stereocenters. The number of benzene rings is 1. The van der Waals surface area contributed by atoms with Gasteiger partial charge in [0, 0.05) is 18.2 Å². The zero-order chi connectivity index (χ0) is 17.2. The van der Waals surface area contributed by atoms with Gasteiger partial charge in [-0.05, 0) is 46.1 Å². The van der Waals surface area contributed by atoms with Gasteiger partial charge in [-0.15, -0.1) is 0 Å². The molecule has 1 aromatic carbocycles. The van der Waals surface area contributed by atoms with Gasteiger partial charge in [-0.2, -0.15) is 0 Å². The highest BCUT2D eigenvalue weighted by atomic mass is 19.2. The number of carbonyl (C=O) groups excluding carboxylic acids is 1. The number of ether oxygens (including phenoxy) is 1. The van der Waals surface area contributed by atoms with Crippen molar-refractivity contribution in [2.45, 2.75) is 57.8 Å². The molecule has 0 spiro atoms. The summed E-state index contributed by atoms with van der Waals surface area (Å²) in [6.45, 7) is 5.89. The summed E-state index contributed by atoms with van der Waals surface area (Å²) in [5.41, 5.74) is -0.682. The standard InChI is InChI=1S/C17H23F2NO3/c1-17(2,3)23-16(22)20-9-5-6-11(20)10-14(21)12-7-4-8-13(18)15(12)19/h4,7-8,11,14,21H,5-6,9-10H2,1-3H3. The number of carbonyl (C=O) groups is 1. The molecular weight excluding hydrogens is 304 g/mol. The molecule has 2 atom stereocenters. The van der Waals surface area contributed by atoms with Crippen molar-refractivity contribution in [3.05, 3.63) is 35.4 Å². The highest BCUT2D eigenvalue weighted by Gasteiger charge is 2.34. The number of likely N-dealkylation sites (tertiary alicyclic amines) is 1. The summed E-state index contributed by atoms with van der Waals surface area (Å²) in [5.74, 6) is -2.03. The average molecular weight is 327 g/mol. The Bertz CT molecular complexity index is 571. The molecule has 1 saturated heterocycles. The third-order valence-electron chi connectivity index (χ3n) is 3.84. The molecule has 128 valence electrons. The second-order valence-corrected chi connectivity index (χ2v) is 6.86. The summed E-state index contributed by atoms with van der Waals surface area (Å²) in [6.07, 6.45) is 0.0421. The van der Waals surface area contributed by atoms with Gasteiger partial charge in [0.2, 0.25) is 0 Å². The van der Waals surface area contributed by atoms with Crippen LogP contribution in [0.1, 0.15) is 51.7 Å². The van der Waals surface area contributed by atoms with Gasteiger partial charge in [0.25, 0.3) is 0 Å². The van der Waals surface area contributed by atoms with Crippen molar-refractivity contribution < 1.29 is 23.4 Å². The van der Waals surface area contributed by atoms with Crippen LogP contribution in [-0.2, 0) is 4.74 Å². The monoisotopic (exact) mass is 327 g/mol. The number of nitrogens with zero attached hydrogens (tertiary/aromatic N) is 1. The van der Waals surface area contributed by atoms with Crippen LogP contribution in [0, 0.1) is 11.6 Å². The molecule has 0 bridgehead atoms. The van der Waals surface area contributed by atoms with Crippen LogP contribution in [0.25, 0.3) is 0 Å². The van der Waals surface area contributed by atoms with Crippen molar-refractivity contribution >= 4 is 6.09 Å². The zero-order valence-corrected chi connectivity index (χ0v) is 13.7. The lowest BCUT2D eigenvalue weighted by Gasteiger charge is -2.29. The molecule has 1 fully saturated rings. The molecule has 1 aromatic rings. The number of hydrogen-bond donors (Lipinski definition) is 1. The molecule has 0 aromatic heterocycles. The van der Waals surface area contributed by atoms with Crippen molar-refractivity contribution in [3.63, 3.8) is 0 Å². The second kappa shape index (κ2) is 6.83. The summed E-state index contributed by atoms with van der Waals surface area (Å²) < 4.78 is 32.4. The summed E-state index contributed by atoms with van der Waals surface area (Å²) >= 11 is 0. The zero-order valence-electron chi connectivity index (χ0n) is 13.7. The van der Waals surface area contributed by atoms with Gasteiger partial charge in [0.15, 0.2) is 11.6 Å². The number of aliphatic hydroxyl groups excluding tert-OH is 1. The summed E-state index contributed by atoms with van der Waals surface area (Å²) in [5, 5.41) is 10.2. The van der Waals surface area contributed by atoms with E-state index in [9.17, 15) is 18.7 Å². The Hall–Kier alpha value is -1.69. The van der Waals surface area contributed by atoms with Crippen LogP contribution < -0.4 is 0 Å². The maximum atomic E-state index is 13.8. The van der Waals surface area contributed by atoms with E-state index in [1.54, 1.807) is 25.7 Å². The van der Waals surface area contributed by atoms with E-state index in [4.69, 9.17) is 4.74 Å². The van der Waals surface area contributed by atoms with E-state index in [0.29, 0.717) is 13.0 Å². The SMILES string of the molecule is CC(C)(C)OC(=O)N1CCCC1CC(O)c1cccc(F)c1F. The molecule has 1 N–H and O–H groups in total. The second-order valence-electron chi connectivity index (χ2n) is 6.86. The summed E-state index contributed by atoms with van der Waals surface area (Å²) in [7, 11) is 0. The molecular formula is C17H23F2NO3. The molecule has 0 saturated carbocycles. The van der Waals surface area contributed by atoms with Crippen LogP contribution in [0.4, 0.5) is 13.6 Å². The quantitative estimate of drug-likeness (QED) is 0.919. The van der Waals surface area contributed by atoms with E-state index >= 15 is 0 Å². The van der Waals surface area contributed by atoms with Crippen LogP contribution in [-0.4, -0.2) is 34.3 Å². The van der Waals surface area contributed by atoms with Gasteiger partial charge in [0.05, 0.1) is 6.10 Å². The van der Waals surface area contributed by atoms with Crippen molar-refractivity contribution in [1.82, 2.24) is 4.90 Å². The van der Waals surface area contributed by atoms with Crippen LogP contribution in [0.3, 0.4) is 0 Å². The molecule has 0 aliphatic carbocycles. The maximum Gasteiger partial charge on any atom is 0.410 e. The highest BCUT2D eigenvalue weighted by molar-refractivity contribution is 5.68. The fraction of sp³-hybridized carbons (Fsp3) is 0.588. The Morgan fingerprint density at radius 1 is 1.43 bits per heavy atom. The van der Waals surface area contributed by atoms with Crippen molar-refractivity contribution in [3.8, 4) is 0 Å². The first kappa shape index (κ1) is 17.7. The van der Waals surface area contributed by atoms with E-state index in [0.717, 1.165) is 12.5 Å². The minimum absolute atomic E-state index is 0.0824. The fourth-order valence-electron chi connectivity index (χ4n) is 2.80. The lowest BCUT2D eigenvalue weighted by atomic mass is 10.00. The van der Waals surface area contributed by atoms with Crippen LogP contribution in [0.15, 0.2) is 18.2 Å². The lowest BCUT2D eigenvalue weighted by Crippen LogP contribution is -2.40. The molecule has 23 heavy (non-hydrogen) atoms. The third kappa shape index (κ3) is 4.41. The van der Waals surface area contributed by atoms with Crippen molar-refractivity contribution in [2.24, 2.45) is 0 Å². The Labute approximate surface area is 135 Å². The summed E-state index contributed by atoms with van der Waals surface area (Å²) in [6, 6.07) is 3.48. The minimum atomic E-state index is -1.17. The van der Waals surface area contributed by atoms with E-state index < -0.39 is 29.4 Å². The molecule has 1 amide bonds. The first-order valence-electron chi connectivity index (χ1n) is 7.80. The number of amides is 1. The van der Waals surface area contributed by atoms with Crippen molar-refractivity contribution in [2.75, 3.05) is 6.54 Å². The molecule has 1 heterocycles. The van der Waals surface area contributed by atoms with Crippen LogP contribution in [0.5, 0.6) is 0 Å². The van der Waals surface area contributed by atoms with E-state index in [2.05, 4.69) is 0 Å². The minimum Gasteiger partial charge on any atom is -0.444 e. The van der Waals surface area contributed by atoms with Gasteiger partial charge in [-0.25, -0.2) is 13.6 Å². The van der Waals surface area contributed by atoms with Gasteiger partial charge < -0.3 is 14.7 Å². The number of rotatable bonds is 3. The Kier molecular flexibility index (Phi) is 5.24. The normalized spacial score (nSPS) is 19.7. The Morgan fingerprint density at radius 3 is 2.78 bits per heavy atom. The van der Waals surface area contributed by atoms with Gasteiger partial charge >= 0.3 is 6.09 Å². The Morgan fingerprint density at radius 2 is 2.13 bits per heavy atom. The predicted octanol–water partition coefficient (Wildman–Crippen LogP) is 3.79. The first-order chi connectivity index (χ1) is 10.7. The number of halogens is 2. The van der Waals surface area contributed by atoms with Gasteiger partial charge in [-0.1, -0.05) is 12.1 Å². The van der Waals surface area contributed by atoms with Crippen molar-refractivity contribution in [1.29, 1.82) is 0 Å². The Balaban J connectivity index is 2.06.